The van der Waals surface area contributed by atoms with E-state index in [2.05, 4.69) is 0 Å². The van der Waals surface area contributed by atoms with Crippen molar-refractivity contribution in [3.63, 3.8) is 0 Å². The van der Waals surface area contributed by atoms with E-state index in [1.54, 1.807) is 0 Å². The molecule has 0 aromatic rings. The van der Waals surface area contributed by atoms with Crippen molar-refractivity contribution >= 4 is 0 Å². The Kier molecular flexibility index (Phi) is 4.41. The molecule has 0 rings (SSSR count). The molecule has 0 heterocycles. The summed E-state index contributed by atoms with van der Waals surface area (Å²) in [5.41, 5.74) is 0. The molecule has 0 bridgehead atoms. The monoisotopic (exact) mass is 332 g/mol. The van der Waals surface area contributed by atoms with Crippen LogP contribution in [0, 0.1) is 0 Å². The van der Waals surface area contributed by atoms with Gasteiger partial charge >= 0.3 is 30.1 Å². The number of alkyl halides is 12. The molecule has 13 heteroatoms. The summed E-state index contributed by atoms with van der Waals surface area (Å²) in [5.74, 6) is -24.7. The molecule has 0 radical (unpaired) electrons. The van der Waals surface area contributed by atoms with E-state index in [9.17, 15) is 57.1 Å². The molecule has 0 aliphatic carbocycles. The van der Waals surface area contributed by atoms with Gasteiger partial charge in [-0.15, -0.1) is 0 Å². The number of hydrogen-bond acceptors (Lipinski definition) is 0. The quantitative estimate of drug-likeness (QED) is 0.647. The van der Waals surface area contributed by atoms with Gasteiger partial charge in [0.05, 0.1) is 0 Å². The van der Waals surface area contributed by atoms with Gasteiger partial charge in [-0.1, -0.05) is 0 Å². The van der Waals surface area contributed by atoms with Crippen molar-refractivity contribution in [2.24, 2.45) is 0 Å². The van der Waals surface area contributed by atoms with Gasteiger partial charge in [0.15, 0.2) is 5.83 Å². The maximum Gasteiger partial charge on any atom is 0.460 e. The number of halogens is 13. The second kappa shape index (κ2) is 4.69. The van der Waals surface area contributed by atoms with Crippen molar-refractivity contribution in [2.45, 2.75) is 30.1 Å². The van der Waals surface area contributed by atoms with Gasteiger partial charge in [0.25, 0.3) is 0 Å². The molecule has 0 fully saturated rings. The second-order valence-electron chi connectivity index (χ2n) is 3.26. The largest absolute Gasteiger partial charge is 0.460 e. The van der Waals surface area contributed by atoms with E-state index >= 15 is 0 Å². The molecular formula is C7HF13. The van der Waals surface area contributed by atoms with Crippen LogP contribution >= 0.6 is 0 Å². The zero-order chi connectivity index (χ0) is 16.8. The van der Waals surface area contributed by atoms with E-state index in [1.807, 2.05) is 0 Å². The van der Waals surface area contributed by atoms with E-state index in [4.69, 9.17) is 0 Å². The fourth-order valence-electron chi connectivity index (χ4n) is 0.660. The van der Waals surface area contributed by atoms with Gasteiger partial charge in [-0.05, 0) is 0 Å². The molecule has 0 aliphatic rings. The summed E-state index contributed by atoms with van der Waals surface area (Å²) >= 11 is 0. The van der Waals surface area contributed by atoms with Gasteiger partial charge in [0, 0.05) is 6.08 Å². The van der Waals surface area contributed by atoms with E-state index < -0.39 is 42.0 Å². The minimum atomic E-state index is -7.18. The molecule has 0 unspecified atom stereocenters. The molecule has 0 aliphatic heterocycles. The smallest absolute Gasteiger partial charge is 0.205 e. The van der Waals surface area contributed by atoms with Crippen LogP contribution in [0.1, 0.15) is 0 Å². The molecule has 0 N–H and O–H groups in total. The Morgan fingerprint density at radius 1 is 0.600 bits per heavy atom. The molecule has 0 atom stereocenters. The van der Waals surface area contributed by atoms with Crippen molar-refractivity contribution < 1.29 is 57.1 Å². The number of hydrogen-bond donors (Lipinski definition) is 0. The number of allylic oxidation sites excluding steroid dienone is 2. The highest BCUT2D eigenvalue weighted by Gasteiger charge is 2.75. The Morgan fingerprint density at radius 2 is 0.950 bits per heavy atom. The van der Waals surface area contributed by atoms with E-state index in [1.165, 1.54) is 0 Å². The molecule has 0 nitrogen and oxygen atoms in total. The van der Waals surface area contributed by atoms with E-state index in [0.717, 1.165) is 0 Å². The standard InChI is InChI=1S/C7HF13/c8-2(1-3(9,10)6(15,16)17)4(11,12)5(13,14)7(18,19)20/h1H/b2-1-. The van der Waals surface area contributed by atoms with Gasteiger partial charge in [0.2, 0.25) is 0 Å². The van der Waals surface area contributed by atoms with Crippen molar-refractivity contribution in [1.82, 2.24) is 0 Å². The summed E-state index contributed by atoms with van der Waals surface area (Å²) in [7, 11) is 0. The van der Waals surface area contributed by atoms with Crippen molar-refractivity contribution in [2.75, 3.05) is 0 Å². The van der Waals surface area contributed by atoms with E-state index in [0.29, 0.717) is 0 Å². The third-order valence-corrected chi connectivity index (χ3v) is 1.74. The minimum absolute atomic E-state index is 2.34. The molecule has 0 aromatic heterocycles. The normalized spacial score (nSPS) is 16.6. The zero-order valence-electron chi connectivity index (χ0n) is 8.49. The lowest BCUT2D eigenvalue weighted by atomic mass is 10.1. The lowest BCUT2D eigenvalue weighted by Crippen LogP contribution is -2.52. The highest BCUT2D eigenvalue weighted by molar-refractivity contribution is 5.17. The van der Waals surface area contributed by atoms with Crippen LogP contribution in [0.15, 0.2) is 11.9 Å². The van der Waals surface area contributed by atoms with Gasteiger partial charge in [-0.3, -0.25) is 0 Å². The fourth-order valence-corrected chi connectivity index (χ4v) is 0.660. The Bertz CT molecular complexity index is 381. The average Bonchev–Trinajstić information content (AvgIpc) is 2.12. The summed E-state index contributed by atoms with van der Waals surface area (Å²) in [6, 6.07) is 0. The maximum absolute atomic E-state index is 12.4. The van der Waals surface area contributed by atoms with Crippen LogP contribution in [-0.2, 0) is 0 Å². The van der Waals surface area contributed by atoms with Gasteiger partial charge in [-0.2, -0.15) is 52.7 Å². The van der Waals surface area contributed by atoms with Crippen molar-refractivity contribution in [3.05, 3.63) is 11.9 Å². The summed E-state index contributed by atoms with van der Waals surface area (Å²) in [6.45, 7) is 0. The minimum Gasteiger partial charge on any atom is -0.205 e. The maximum atomic E-state index is 12.4. The second-order valence-corrected chi connectivity index (χ2v) is 3.26. The summed E-state index contributed by atoms with van der Waals surface area (Å²) < 4.78 is 155. The summed E-state index contributed by atoms with van der Waals surface area (Å²) in [4.78, 5) is 0. The molecule has 0 spiro atoms. The lowest BCUT2D eigenvalue weighted by molar-refractivity contribution is -0.348. The zero-order valence-corrected chi connectivity index (χ0v) is 8.49. The highest BCUT2D eigenvalue weighted by atomic mass is 19.4. The van der Waals surface area contributed by atoms with Crippen LogP contribution < -0.4 is 0 Å². The highest BCUT2D eigenvalue weighted by Crippen LogP contribution is 2.51. The SMILES string of the molecule is F/C(=C\C(F)(F)C(F)(F)F)C(F)(F)C(F)(F)C(F)(F)F. The predicted octanol–water partition coefficient (Wildman–Crippen LogP) is 4.87. The first-order chi connectivity index (χ1) is 8.38. The van der Waals surface area contributed by atoms with Gasteiger partial charge in [-0.25, -0.2) is 4.39 Å². The van der Waals surface area contributed by atoms with Crippen LogP contribution in [0.2, 0.25) is 0 Å². The molecule has 0 aromatic carbocycles. The first-order valence-electron chi connectivity index (χ1n) is 4.03. The molecule has 120 valence electrons. The molecular weight excluding hydrogens is 331 g/mol. The molecule has 20 heavy (non-hydrogen) atoms. The first-order valence-corrected chi connectivity index (χ1v) is 4.03. The Hall–Kier alpha value is -1.17. The topological polar surface area (TPSA) is 0 Å². The molecule has 0 saturated carbocycles. The third-order valence-electron chi connectivity index (χ3n) is 1.74. The number of rotatable bonds is 3. The van der Waals surface area contributed by atoms with Gasteiger partial charge < -0.3 is 0 Å². The molecule has 0 saturated heterocycles. The Balaban J connectivity index is 5.77. The Labute approximate surface area is 100 Å². The van der Waals surface area contributed by atoms with Crippen LogP contribution in [-0.4, -0.2) is 30.1 Å². The average molecular weight is 332 g/mol. The van der Waals surface area contributed by atoms with Crippen LogP contribution in [0.3, 0.4) is 0 Å². The third kappa shape index (κ3) is 3.11. The summed E-state index contributed by atoms with van der Waals surface area (Å²) in [5, 5.41) is 0. The van der Waals surface area contributed by atoms with Crippen LogP contribution in [0.25, 0.3) is 0 Å². The van der Waals surface area contributed by atoms with Crippen LogP contribution in [0.4, 0.5) is 57.1 Å². The molecule has 0 amide bonds. The summed E-state index contributed by atoms with van der Waals surface area (Å²) in [6.07, 6.45) is -16.1. The fraction of sp³-hybridized carbons (Fsp3) is 0.714. The first kappa shape index (κ1) is 18.8. The predicted molar refractivity (Wildman–Crippen MR) is 36.1 cm³/mol. The lowest BCUT2D eigenvalue weighted by Gasteiger charge is -2.27. The van der Waals surface area contributed by atoms with Crippen molar-refractivity contribution in [1.29, 1.82) is 0 Å². The van der Waals surface area contributed by atoms with E-state index in [-0.39, 0.29) is 0 Å². The van der Waals surface area contributed by atoms with Crippen LogP contribution in [0.5, 0.6) is 0 Å². The van der Waals surface area contributed by atoms with Crippen molar-refractivity contribution in [3.8, 4) is 0 Å². The Morgan fingerprint density at radius 3 is 1.20 bits per heavy atom. The van der Waals surface area contributed by atoms with Gasteiger partial charge in [0.1, 0.15) is 0 Å².